The second-order valence-electron chi connectivity index (χ2n) is 4.34. The average molecular weight is 306 g/mol. The van der Waals surface area contributed by atoms with Gasteiger partial charge in [-0.3, -0.25) is 4.72 Å². The van der Waals surface area contributed by atoms with E-state index in [1.165, 1.54) is 19.4 Å². The third-order valence-electron chi connectivity index (χ3n) is 2.96. The van der Waals surface area contributed by atoms with Crippen LogP contribution in [0.2, 0.25) is 0 Å². The van der Waals surface area contributed by atoms with Crippen LogP contribution in [0.25, 0.3) is 0 Å². The summed E-state index contributed by atoms with van der Waals surface area (Å²) in [5, 5.41) is 8.98. The van der Waals surface area contributed by atoms with Crippen LogP contribution in [0.4, 0.5) is 5.69 Å². The van der Waals surface area contributed by atoms with E-state index in [-0.39, 0.29) is 22.0 Å². The van der Waals surface area contributed by atoms with E-state index >= 15 is 0 Å². The zero-order chi connectivity index (χ0) is 15.6. The van der Waals surface area contributed by atoms with E-state index in [1.807, 2.05) is 6.07 Å². The number of hydrogen-bond donors (Lipinski definition) is 1. The maximum absolute atomic E-state index is 12.4. The Morgan fingerprint density at radius 2 is 2.14 bits per heavy atom. The van der Waals surface area contributed by atoms with Crippen molar-refractivity contribution in [2.24, 2.45) is 7.05 Å². The van der Waals surface area contributed by atoms with Gasteiger partial charge in [0, 0.05) is 13.2 Å². The smallest absolute Gasteiger partial charge is 0.281 e. The van der Waals surface area contributed by atoms with E-state index in [0.29, 0.717) is 5.82 Å². The lowest BCUT2D eigenvalue weighted by Gasteiger charge is -2.11. The summed E-state index contributed by atoms with van der Waals surface area (Å²) in [6.45, 7) is 1.70. The Kier molecular flexibility index (Phi) is 3.86. The van der Waals surface area contributed by atoms with Gasteiger partial charge in [-0.15, -0.1) is 0 Å². The molecule has 0 spiro atoms. The molecule has 1 heterocycles. The standard InChI is InChI=1S/C13H14N4O3S/c1-9-15-12(8-17(9)2)21(18,19)16-13-10(7-14)5-4-6-11(13)20-3/h4-6,8,16H,1-3H3. The molecule has 21 heavy (non-hydrogen) atoms. The number of ether oxygens (including phenoxy) is 1. The van der Waals surface area contributed by atoms with Gasteiger partial charge in [-0.2, -0.15) is 13.7 Å². The monoisotopic (exact) mass is 306 g/mol. The topological polar surface area (TPSA) is 97.0 Å². The normalized spacial score (nSPS) is 11.0. The van der Waals surface area contributed by atoms with Gasteiger partial charge in [0.25, 0.3) is 10.0 Å². The third-order valence-corrected chi connectivity index (χ3v) is 4.19. The highest BCUT2D eigenvalue weighted by molar-refractivity contribution is 7.92. The Hall–Kier alpha value is -2.53. The Morgan fingerprint density at radius 3 is 2.67 bits per heavy atom. The molecule has 0 amide bonds. The summed E-state index contributed by atoms with van der Waals surface area (Å²) >= 11 is 0. The molecule has 0 aliphatic rings. The van der Waals surface area contributed by atoms with Gasteiger partial charge >= 0.3 is 0 Å². The molecule has 1 aromatic carbocycles. The van der Waals surface area contributed by atoms with Crippen LogP contribution in [0.1, 0.15) is 11.4 Å². The fourth-order valence-electron chi connectivity index (χ4n) is 1.74. The minimum atomic E-state index is -3.89. The molecule has 0 saturated carbocycles. The number of aryl methyl sites for hydroxylation is 2. The quantitative estimate of drug-likeness (QED) is 0.921. The minimum Gasteiger partial charge on any atom is -0.495 e. The molecule has 0 unspecified atom stereocenters. The number of nitrogens with one attached hydrogen (secondary N) is 1. The number of rotatable bonds is 4. The Morgan fingerprint density at radius 1 is 1.43 bits per heavy atom. The van der Waals surface area contributed by atoms with Crippen molar-refractivity contribution in [3.63, 3.8) is 0 Å². The van der Waals surface area contributed by atoms with Crippen LogP contribution in [-0.2, 0) is 17.1 Å². The lowest BCUT2D eigenvalue weighted by atomic mass is 10.2. The zero-order valence-electron chi connectivity index (χ0n) is 11.8. The molecular formula is C13H14N4O3S. The lowest BCUT2D eigenvalue weighted by molar-refractivity contribution is 0.416. The summed E-state index contributed by atoms with van der Waals surface area (Å²) in [6.07, 6.45) is 1.40. The van der Waals surface area contributed by atoms with Crippen LogP contribution in [-0.4, -0.2) is 25.1 Å². The number of imidazole rings is 1. The van der Waals surface area contributed by atoms with E-state index < -0.39 is 10.0 Å². The van der Waals surface area contributed by atoms with Crippen molar-refractivity contribution >= 4 is 15.7 Å². The molecular weight excluding hydrogens is 292 g/mol. The first-order valence-corrected chi connectivity index (χ1v) is 7.47. The van der Waals surface area contributed by atoms with Gasteiger partial charge in [0.2, 0.25) is 0 Å². The largest absolute Gasteiger partial charge is 0.495 e. The van der Waals surface area contributed by atoms with Crippen LogP contribution >= 0.6 is 0 Å². The van der Waals surface area contributed by atoms with Gasteiger partial charge in [0.15, 0.2) is 5.03 Å². The number of para-hydroxylation sites is 1. The SMILES string of the molecule is COc1cccc(C#N)c1NS(=O)(=O)c1cn(C)c(C)n1. The first-order valence-electron chi connectivity index (χ1n) is 5.99. The fourth-order valence-corrected chi connectivity index (χ4v) is 2.88. The van der Waals surface area contributed by atoms with Gasteiger partial charge in [-0.1, -0.05) is 6.07 Å². The predicted molar refractivity (Wildman–Crippen MR) is 76.5 cm³/mol. The van der Waals surface area contributed by atoms with Crippen LogP contribution in [0, 0.1) is 18.3 Å². The second kappa shape index (κ2) is 5.46. The summed E-state index contributed by atoms with van der Waals surface area (Å²) < 4.78 is 33.8. The molecule has 1 aromatic heterocycles. The molecule has 8 heteroatoms. The number of aromatic nitrogens is 2. The molecule has 0 bridgehead atoms. The molecule has 2 aromatic rings. The maximum atomic E-state index is 12.4. The fraction of sp³-hybridized carbons (Fsp3) is 0.231. The number of methoxy groups -OCH3 is 1. The second-order valence-corrected chi connectivity index (χ2v) is 5.97. The van der Waals surface area contributed by atoms with Crippen LogP contribution in [0.3, 0.4) is 0 Å². The molecule has 0 aliphatic heterocycles. The van der Waals surface area contributed by atoms with Crippen molar-refractivity contribution < 1.29 is 13.2 Å². The van der Waals surface area contributed by atoms with Crippen LogP contribution < -0.4 is 9.46 Å². The van der Waals surface area contributed by atoms with Crippen molar-refractivity contribution in [1.29, 1.82) is 5.26 Å². The molecule has 0 atom stereocenters. The molecule has 2 rings (SSSR count). The van der Waals surface area contributed by atoms with E-state index in [9.17, 15) is 8.42 Å². The average Bonchev–Trinajstić information content (AvgIpc) is 2.79. The van der Waals surface area contributed by atoms with E-state index in [0.717, 1.165) is 0 Å². The summed E-state index contributed by atoms with van der Waals surface area (Å²) in [6, 6.07) is 6.62. The highest BCUT2D eigenvalue weighted by Crippen LogP contribution is 2.29. The maximum Gasteiger partial charge on any atom is 0.281 e. The Balaban J connectivity index is 2.49. The molecule has 1 N–H and O–H groups in total. The van der Waals surface area contributed by atoms with Gasteiger partial charge in [-0.05, 0) is 19.1 Å². The number of sulfonamides is 1. The van der Waals surface area contributed by atoms with Crippen molar-refractivity contribution in [2.45, 2.75) is 11.9 Å². The van der Waals surface area contributed by atoms with Crippen LogP contribution in [0.15, 0.2) is 29.4 Å². The molecule has 0 radical (unpaired) electrons. The number of anilines is 1. The minimum absolute atomic E-state index is 0.103. The van der Waals surface area contributed by atoms with Gasteiger partial charge in [-0.25, -0.2) is 4.98 Å². The Bertz CT molecular complexity index is 799. The van der Waals surface area contributed by atoms with Gasteiger partial charge in [0.05, 0.1) is 12.7 Å². The highest BCUT2D eigenvalue weighted by atomic mass is 32.2. The van der Waals surface area contributed by atoms with E-state index in [2.05, 4.69) is 9.71 Å². The molecule has 7 nitrogen and oxygen atoms in total. The number of nitriles is 1. The zero-order valence-corrected chi connectivity index (χ0v) is 12.6. The van der Waals surface area contributed by atoms with E-state index in [4.69, 9.17) is 10.00 Å². The summed E-state index contributed by atoms with van der Waals surface area (Å²) in [5.41, 5.74) is 0.274. The van der Waals surface area contributed by atoms with Crippen molar-refractivity contribution in [3.8, 4) is 11.8 Å². The number of benzene rings is 1. The number of hydrogen-bond acceptors (Lipinski definition) is 5. The third kappa shape index (κ3) is 2.83. The number of nitrogens with zero attached hydrogens (tertiary/aromatic N) is 3. The summed E-state index contributed by atoms with van der Waals surface area (Å²) in [4.78, 5) is 3.98. The summed E-state index contributed by atoms with van der Waals surface area (Å²) in [7, 11) is -0.792. The summed E-state index contributed by atoms with van der Waals surface area (Å²) in [5.74, 6) is 0.834. The van der Waals surface area contributed by atoms with E-state index in [1.54, 1.807) is 30.7 Å². The van der Waals surface area contributed by atoms with Crippen molar-refractivity contribution in [2.75, 3.05) is 11.8 Å². The molecule has 110 valence electrons. The lowest BCUT2D eigenvalue weighted by Crippen LogP contribution is -2.15. The highest BCUT2D eigenvalue weighted by Gasteiger charge is 2.22. The van der Waals surface area contributed by atoms with Gasteiger partial charge < -0.3 is 9.30 Å². The van der Waals surface area contributed by atoms with Crippen molar-refractivity contribution in [1.82, 2.24) is 9.55 Å². The van der Waals surface area contributed by atoms with Gasteiger partial charge in [0.1, 0.15) is 23.3 Å². The molecule has 0 fully saturated rings. The predicted octanol–water partition coefficient (Wildman–Crippen LogP) is 1.41. The van der Waals surface area contributed by atoms with Crippen molar-refractivity contribution in [3.05, 3.63) is 35.8 Å². The first kappa shape index (κ1) is 14.9. The van der Waals surface area contributed by atoms with Crippen LogP contribution in [0.5, 0.6) is 5.75 Å². The molecule has 0 aliphatic carbocycles. The molecule has 0 saturated heterocycles. The first-order chi connectivity index (χ1) is 9.89. The Labute approximate surface area is 122 Å².